The van der Waals surface area contributed by atoms with Gasteiger partial charge in [-0.15, -0.1) is 0 Å². The van der Waals surface area contributed by atoms with Gasteiger partial charge in [-0.05, 0) is 48.3 Å². The minimum absolute atomic E-state index is 0.00144. The van der Waals surface area contributed by atoms with Crippen LogP contribution in [0.3, 0.4) is 0 Å². The molecule has 0 saturated heterocycles. The van der Waals surface area contributed by atoms with E-state index in [9.17, 15) is 53.4 Å². The number of carbonyl (C=O) groups is 9. The molecule has 2 saturated carbocycles. The zero-order valence-corrected chi connectivity index (χ0v) is 26.8. The number of benzene rings is 3. The number of phenolic OH excluding ortho intramolecular Hbond substituents is 1. The molecule has 8 rings (SSSR count). The SMILES string of the molecule is NC(=O)C1C(=O)C[C@@H]2C[C@@H]3Cc4c(CC5C(=O)c6ccccc6C5=O)cc(CC5C(=O)c6ccccc6C5=O)c(O)c4C(=O)C3C(=O)[C@]2(O)C1=O. The third-order valence-corrected chi connectivity index (χ3v) is 11.6. The molecule has 51 heavy (non-hydrogen) atoms. The molecule has 12 nitrogen and oxygen atoms in total. The molecule has 0 heterocycles. The van der Waals surface area contributed by atoms with Gasteiger partial charge in [0.2, 0.25) is 5.91 Å². The number of aliphatic hydroxyl groups is 1. The second kappa shape index (κ2) is 11.1. The van der Waals surface area contributed by atoms with Gasteiger partial charge in [-0.2, -0.15) is 0 Å². The minimum atomic E-state index is -2.85. The zero-order chi connectivity index (χ0) is 36.3. The summed E-state index contributed by atoms with van der Waals surface area (Å²) in [6, 6.07) is 14.1. The van der Waals surface area contributed by atoms with Crippen molar-refractivity contribution in [2.45, 2.75) is 37.7 Å². The molecule has 256 valence electrons. The fourth-order valence-electron chi connectivity index (χ4n) is 9.14. The van der Waals surface area contributed by atoms with Crippen LogP contribution in [0, 0.1) is 35.5 Å². The number of phenols is 1. The van der Waals surface area contributed by atoms with Gasteiger partial charge in [-0.1, -0.05) is 54.6 Å². The number of hydrogen-bond acceptors (Lipinski definition) is 11. The minimum Gasteiger partial charge on any atom is -0.507 e. The number of hydrogen-bond donors (Lipinski definition) is 3. The predicted octanol–water partition coefficient (Wildman–Crippen LogP) is 1.80. The van der Waals surface area contributed by atoms with E-state index in [-0.39, 0.29) is 64.6 Å². The smallest absolute Gasteiger partial charge is 0.235 e. The molecule has 0 aromatic heterocycles. The summed E-state index contributed by atoms with van der Waals surface area (Å²) in [7, 11) is 0. The summed E-state index contributed by atoms with van der Waals surface area (Å²) in [5.41, 5.74) is 3.57. The van der Waals surface area contributed by atoms with Crippen molar-refractivity contribution in [2.75, 3.05) is 0 Å². The molecule has 0 bridgehead atoms. The summed E-state index contributed by atoms with van der Waals surface area (Å²) in [4.78, 5) is 120. The van der Waals surface area contributed by atoms with Crippen LogP contribution in [0.4, 0.5) is 0 Å². The number of Topliss-reactive ketones (excluding diaryl/α,β-unsaturated/α-hetero) is 8. The van der Waals surface area contributed by atoms with Crippen LogP contribution >= 0.6 is 0 Å². The van der Waals surface area contributed by atoms with Gasteiger partial charge in [0.15, 0.2) is 57.8 Å². The number of fused-ring (bicyclic) bond motifs is 5. The number of nitrogens with two attached hydrogens (primary N) is 1. The first-order valence-corrected chi connectivity index (χ1v) is 16.6. The van der Waals surface area contributed by atoms with Crippen molar-refractivity contribution < 1.29 is 53.4 Å². The highest BCUT2D eigenvalue weighted by atomic mass is 16.3. The van der Waals surface area contributed by atoms with E-state index in [0.29, 0.717) is 5.56 Å². The van der Waals surface area contributed by atoms with Gasteiger partial charge >= 0.3 is 0 Å². The van der Waals surface area contributed by atoms with Crippen molar-refractivity contribution in [2.24, 2.45) is 41.2 Å². The third kappa shape index (κ3) is 4.38. The Hall–Kier alpha value is -5.75. The molecule has 0 radical (unpaired) electrons. The highest BCUT2D eigenvalue weighted by molar-refractivity contribution is 6.32. The van der Waals surface area contributed by atoms with E-state index in [0.717, 1.165) is 0 Å². The number of amides is 1. The first kappa shape index (κ1) is 32.5. The van der Waals surface area contributed by atoms with Crippen LogP contribution in [0.15, 0.2) is 54.6 Å². The molecule has 0 aliphatic heterocycles. The lowest BCUT2D eigenvalue weighted by Gasteiger charge is -2.48. The fraction of sp³-hybridized carbons (Fsp3) is 0.308. The zero-order valence-electron chi connectivity index (χ0n) is 26.8. The molecule has 5 atom stereocenters. The second-order valence-electron chi connectivity index (χ2n) is 14.2. The monoisotopic (exact) mass is 687 g/mol. The molecule has 1 amide bonds. The maximum Gasteiger partial charge on any atom is 0.235 e. The van der Waals surface area contributed by atoms with E-state index in [1.165, 1.54) is 18.2 Å². The Kier molecular flexibility index (Phi) is 7.08. The van der Waals surface area contributed by atoms with Crippen LogP contribution in [0.1, 0.15) is 81.3 Å². The molecular formula is C39H29NO11. The molecule has 3 aromatic carbocycles. The molecule has 4 N–H and O–H groups in total. The normalized spacial score (nSPS) is 27.3. The van der Waals surface area contributed by atoms with E-state index < -0.39 is 105 Å². The summed E-state index contributed by atoms with van der Waals surface area (Å²) in [6.45, 7) is 0. The van der Waals surface area contributed by atoms with Crippen LogP contribution in [0.5, 0.6) is 5.75 Å². The third-order valence-electron chi connectivity index (χ3n) is 11.6. The van der Waals surface area contributed by atoms with E-state index in [2.05, 4.69) is 0 Å². The molecular weight excluding hydrogens is 658 g/mol. The number of ketones is 8. The quantitative estimate of drug-likeness (QED) is 0.328. The van der Waals surface area contributed by atoms with Gasteiger partial charge < -0.3 is 15.9 Å². The van der Waals surface area contributed by atoms with Gasteiger partial charge in [0.1, 0.15) is 5.75 Å². The van der Waals surface area contributed by atoms with E-state index >= 15 is 0 Å². The molecule has 2 fully saturated rings. The van der Waals surface area contributed by atoms with Crippen LogP contribution in [0.2, 0.25) is 0 Å². The largest absolute Gasteiger partial charge is 0.507 e. The molecule has 12 heteroatoms. The topological polar surface area (TPSA) is 220 Å². The number of primary amides is 1. The number of rotatable bonds is 5. The van der Waals surface area contributed by atoms with Crippen LogP contribution < -0.4 is 5.73 Å². The Bertz CT molecular complexity index is 2180. The lowest BCUT2D eigenvalue weighted by atomic mass is 9.53. The molecule has 3 aromatic rings. The Morgan fingerprint density at radius 3 is 1.69 bits per heavy atom. The first-order chi connectivity index (χ1) is 24.2. The van der Waals surface area contributed by atoms with Crippen molar-refractivity contribution in [1.29, 1.82) is 0 Å². The van der Waals surface area contributed by atoms with Crippen molar-refractivity contribution in [1.82, 2.24) is 0 Å². The van der Waals surface area contributed by atoms with Crippen LogP contribution in [-0.4, -0.2) is 68.0 Å². The van der Waals surface area contributed by atoms with Gasteiger partial charge in [0, 0.05) is 34.6 Å². The highest BCUT2D eigenvalue weighted by Gasteiger charge is 2.66. The van der Waals surface area contributed by atoms with Crippen LogP contribution in [-0.2, 0) is 38.4 Å². The molecule has 5 aliphatic rings. The lowest BCUT2D eigenvalue weighted by molar-refractivity contribution is -0.175. The fourth-order valence-corrected chi connectivity index (χ4v) is 9.14. The highest BCUT2D eigenvalue weighted by Crippen LogP contribution is 2.51. The maximum atomic E-state index is 14.4. The van der Waals surface area contributed by atoms with E-state index in [1.807, 2.05) is 0 Å². The summed E-state index contributed by atoms with van der Waals surface area (Å²) in [6.07, 6.45) is -1.24. The molecule has 2 unspecified atom stereocenters. The number of aromatic hydroxyl groups is 1. The second-order valence-corrected chi connectivity index (χ2v) is 14.2. The van der Waals surface area contributed by atoms with Crippen molar-refractivity contribution in [3.63, 3.8) is 0 Å². The van der Waals surface area contributed by atoms with E-state index in [1.54, 1.807) is 36.4 Å². The van der Waals surface area contributed by atoms with Crippen molar-refractivity contribution >= 4 is 52.2 Å². The van der Waals surface area contributed by atoms with Gasteiger partial charge in [0.05, 0.1) is 23.3 Å². The predicted molar refractivity (Wildman–Crippen MR) is 173 cm³/mol. The lowest BCUT2D eigenvalue weighted by Crippen LogP contribution is -2.68. The summed E-state index contributed by atoms with van der Waals surface area (Å²) >= 11 is 0. The Balaban J connectivity index is 1.24. The summed E-state index contributed by atoms with van der Waals surface area (Å²) in [5.74, 6) is -16.4. The van der Waals surface area contributed by atoms with Gasteiger partial charge in [0.25, 0.3) is 0 Å². The first-order valence-electron chi connectivity index (χ1n) is 16.6. The Morgan fingerprint density at radius 1 is 0.706 bits per heavy atom. The van der Waals surface area contributed by atoms with Gasteiger partial charge in [-0.3, -0.25) is 43.2 Å². The number of carbonyl (C=O) groups excluding carboxylic acids is 9. The van der Waals surface area contributed by atoms with Crippen molar-refractivity contribution in [3.8, 4) is 5.75 Å². The standard InChI is InChI=1S/C39H29NO11/c40-38(50)29-26(41)14-18-10-16-12-23-15(11-24-31(43)19-5-1-2-6-20(19)32(24)44)9-17(13-25-33(45)21-7-3-4-8-22(21)34(25)46)30(42)28(23)35(47)27(16)36(48)39(18,51)37(29)49/h1-9,16,18,24-25,27,29,42,51H,10-14H2,(H2,40,50)/t16-,18+,27?,29?,39+/m1/s1. The van der Waals surface area contributed by atoms with Crippen molar-refractivity contribution in [3.05, 3.63) is 99.1 Å². The van der Waals surface area contributed by atoms with Crippen LogP contribution in [0.25, 0.3) is 0 Å². The van der Waals surface area contributed by atoms with E-state index in [4.69, 9.17) is 5.73 Å². The summed E-state index contributed by atoms with van der Waals surface area (Å²) < 4.78 is 0. The average Bonchev–Trinajstić information content (AvgIpc) is 3.48. The molecule has 5 aliphatic carbocycles. The van der Waals surface area contributed by atoms with Gasteiger partial charge in [-0.25, -0.2) is 0 Å². The molecule has 0 spiro atoms. The summed E-state index contributed by atoms with van der Waals surface area (Å²) in [5, 5.41) is 23.3. The Labute approximate surface area is 289 Å². The maximum absolute atomic E-state index is 14.4. The Morgan fingerprint density at radius 2 is 1.20 bits per heavy atom. The average molecular weight is 688 g/mol.